The van der Waals surface area contributed by atoms with Gasteiger partial charge in [-0.2, -0.15) is 0 Å². The molecule has 0 bridgehead atoms. The summed E-state index contributed by atoms with van der Waals surface area (Å²) < 4.78 is 0. The van der Waals surface area contributed by atoms with Crippen molar-refractivity contribution in [1.82, 2.24) is 16.0 Å². The Hall–Kier alpha value is -2.61. The van der Waals surface area contributed by atoms with E-state index >= 15 is 0 Å². The lowest BCUT2D eigenvalue weighted by Gasteiger charge is -2.37. The van der Waals surface area contributed by atoms with Crippen molar-refractivity contribution in [1.29, 1.82) is 0 Å². The minimum atomic E-state index is -0.609. The molecule has 8 heteroatoms. The van der Waals surface area contributed by atoms with Crippen LogP contribution in [0.4, 0.5) is 11.4 Å². The minimum Gasteiger partial charge on any atom is -0.388 e. The van der Waals surface area contributed by atoms with Crippen molar-refractivity contribution in [3.05, 3.63) is 63.2 Å². The standard InChI is InChI=1S/C18H20ClN5O2/c1-20-17-10-18(21-2,22-3)23-16-9-15(19)13(8-14(16)17)11-5-4-6-12(7-11)24(25)26/h4-10,20-23H,1-3H3. The Bertz CT molecular complexity index is 893. The van der Waals surface area contributed by atoms with Gasteiger partial charge in [-0.05, 0) is 37.9 Å². The van der Waals surface area contributed by atoms with Crippen molar-refractivity contribution in [3.8, 4) is 11.1 Å². The second-order valence-corrected chi connectivity index (χ2v) is 6.33. The van der Waals surface area contributed by atoms with Gasteiger partial charge in [0, 0.05) is 41.7 Å². The van der Waals surface area contributed by atoms with Crippen LogP contribution < -0.4 is 21.3 Å². The van der Waals surface area contributed by atoms with E-state index in [0.717, 1.165) is 22.5 Å². The van der Waals surface area contributed by atoms with Gasteiger partial charge in [-0.3, -0.25) is 20.7 Å². The van der Waals surface area contributed by atoms with Gasteiger partial charge in [0.25, 0.3) is 5.69 Å². The fourth-order valence-corrected chi connectivity index (χ4v) is 3.32. The summed E-state index contributed by atoms with van der Waals surface area (Å²) in [4.78, 5) is 10.7. The highest BCUT2D eigenvalue weighted by molar-refractivity contribution is 6.33. The van der Waals surface area contributed by atoms with Crippen LogP contribution in [0.15, 0.2) is 42.5 Å². The first-order chi connectivity index (χ1) is 12.4. The normalized spacial score (nSPS) is 14.8. The SMILES string of the molecule is CNC1=CC(NC)(NC)Nc2cc(Cl)c(-c3cccc([N+](=O)[O-])c3)cc21. The molecule has 0 radical (unpaired) electrons. The number of rotatable bonds is 5. The van der Waals surface area contributed by atoms with Gasteiger partial charge in [0.15, 0.2) is 5.79 Å². The van der Waals surface area contributed by atoms with Crippen molar-refractivity contribution >= 4 is 28.7 Å². The highest BCUT2D eigenvalue weighted by Crippen LogP contribution is 2.39. The minimum absolute atomic E-state index is 0.0307. The van der Waals surface area contributed by atoms with Crippen molar-refractivity contribution in [2.75, 3.05) is 26.5 Å². The largest absolute Gasteiger partial charge is 0.388 e. The number of nitrogens with one attached hydrogen (secondary N) is 4. The summed E-state index contributed by atoms with van der Waals surface area (Å²) in [5.74, 6) is -0.609. The smallest absolute Gasteiger partial charge is 0.270 e. The van der Waals surface area contributed by atoms with E-state index in [1.54, 1.807) is 6.07 Å². The number of anilines is 1. The molecule has 0 aromatic heterocycles. The zero-order chi connectivity index (χ0) is 18.9. The van der Waals surface area contributed by atoms with Gasteiger partial charge in [0.1, 0.15) is 0 Å². The number of benzene rings is 2. The van der Waals surface area contributed by atoms with Crippen molar-refractivity contribution in [2.45, 2.75) is 5.79 Å². The molecule has 3 rings (SSSR count). The number of fused-ring (bicyclic) bond motifs is 1. The molecule has 0 unspecified atom stereocenters. The van der Waals surface area contributed by atoms with Crippen LogP contribution in [0.1, 0.15) is 5.56 Å². The second kappa shape index (κ2) is 6.95. The quantitative estimate of drug-likeness (QED) is 0.366. The van der Waals surface area contributed by atoms with Crippen LogP contribution in [-0.4, -0.2) is 31.9 Å². The average Bonchev–Trinajstić information content (AvgIpc) is 2.66. The van der Waals surface area contributed by atoms with E-state index in [1.807, 2.05) is 45.4 Å². The summed E-state index contributed by atoms with van der Waals surface area (Å²) in [5, 5.41) is 24.6. The third-order valence-corrected chi connectivity index (χ3v) is 4.83. The molecule has 7 nitrogen and oxygen atoms in total. The lowest BCUT2D eigenvalue weighted by molar-refractivity contribution is -0.384. The molecule has 0 saturated carbocycles. The summed E-state index contributed by atoms with van der Waals surface area (Å²) in [6.07, 6.45) is 2.00. The number of hydrogen-bond acceptors (Lipinski definition) is 6. The monoisotopic (exact) mass is 373 g/mol. The Balaban J connectivity index is 2.14. The van der Waals surface area contributed by atoms with E-state index in [4.69, 9.17) is 11.6 Å². The molecular weight excluding hydrogens is 354 g/mol. The molecule has 0 fully saturated rings. The maximum absolute atomic E-state index is 11.1. The topological polar surface area (TPSA) is 91.3 Å². The summed E-state index contributed by atoms with van der Waals surface area (Å²) in [6.45, 7) is 0. The molecule has 0 saturated heterocycles. The Morgan fingerprint density at radius 2 is 1.85 bits per heavy atom. The van der Waals surface area contributed by atoms with E-state index in [-0.39, 0.29) is 5.69 Å². The van der Waals surface area contributed by atoms with Crippen LogP contribution in [0.2, 0.25) is 5.02 Å². The van der Waals surface area contributed by atoms with Gasteiger partial charge >= 0.3 is 0 Å². The lowest BCUT2D eigenvalue weighted by atomic mass is 9.96. The molecule has 0 spiro atoms. The van der Waals surface area contributed by atoms with Crippen molar-refractivity contribution in [2.24, 2.45) is 0 Å². The van der Waals surface area contributed by atoms with Crippen molar-refractivity contribution < 1.29 is 4.92 Å². The van der Waals surface area contributed by atoms with Gasteiger partial charge in [0.2, 0.25) is 0 Å². The van der Waals surface area contributed by atoms with Crippen LogP contribution >= 0.6 is 11.6 Å². The van der Waals surface area contributed by atoms with E-state index in [2.05, 4.69) is 21.3 Å². The zero-order valence-electron chi connectivity index (χ0n) is 14.7. The van der Waals surface area contributed by atoms with E-state index in [9.17, 15) is 10.1 Å². The molecule has 0 amide bonds. The summed E-state index contributed by atoms with van der Waals surface area (Å²) in [5.41, 5.74) is 4.15. The molecule has 136 valence electrons. The zero-order valence-corrected chi connectivity index (χ0v) is 15.4. The molecular formula is C18H20ClN5O2. The third kappa shape index (κ3) is 3.12. The first kappa shape index (κ1) is 18.2. The molecule has 4 N–H and O–H groups in total. The first-order valence-corrected chi connectivity index (χ1v) is 8.46. The van der Waals surface area contributed by atoms with Crippen molar-refractivity contribution in [3.63, 3.8) is 0 Å². The van der Waals surface area contributed by atoms with Gasteiger partial charge in [0.05, 0.1) is 9.95 Å². The summed E-state index contributed by atoms with van der Waals surface area (Å²) >= 11 is 6.51. The Kier molecular flexibility index (Phi) is 4.86. The average molecular weight is 374 g/mol. The first-order valence-electron chi connectivity index (χ1n) is 8.08. The Morgan fingerprint density at radius 1 is 1.12 bits per heavy atom. The second-order valence-electron chi connectivity index (χ2n) is 5.93. The van der Waals surface area contributed by atoms with E-state index in [0.29, 0.717) is 10.6 Å². The maximum Gasteiger partial charge on any atom is 0.270 e. The predicted octanol–water partition coefficient (Wildman–Crippen LogP) is 2.99. The van der Waals surface area contributed by atoms with Crippen LogP contribution in [0.25, 0.3) is 16.8 Å². The van der Waals surface area contributed by atoms with Gasteiger partial charge < -0.3 is 10.6 Å². The number of hydrogen-bond donors (Lipinski definition) is 4. The summed E-state index contributed by atoms with van der Waals surface area (Å²) in [7, 11) is 5.54. The fourth-order valence-electron chi connectivity index (χ4n) is 3.05. The molecule has 26 heavy (non-hydrogen) atoms. The molecule has 1 heterocycles. The Morgan fingerprint density at radius 3 is 2.46 bits per heavy atom. The highest BCUT2D eigenvalue weighted by Gasteiger charge is 2.30. The van der Waals surface area contributed by atoms with Crippen LogP contribution in [0, 0.1) is 10.1 Å². The predicted molar refractivity (Wildman–Crippen MR) is 105 cm³/mol. The number of likely N-dealkylation sites (N-methyl/N-ethyl adjacent to an activating group) is 2. The number of halogens is 1. The lowest BCUT2D eigenvalue weighted by Crippen LogP contribution is -2.60. The van der Waals surface area contributed by atoms with Gasteiger partial charge in [-0.15, -0.1) is 0 Å². The van der Waals surface area contributed by atoms with E-state index in [1.165, 1.54) is 12.1 Å². The number of nitro benzene ring substituents is 1. The molecule has 0 aliphatic carbocycles. The van der Waals surface area contributed by atoms with Gasteiger partial charge in [-0.25, -0.2) is 0 Å². The molecule has 0 atom stereocenters. The van der Waals surface area contributed by atoms with Crippen LogP contribution in [0.5, 0.6) is 0 Å². The van der Waals surface area contributed by atoms with Gasteiger partial charge in [-0.1, -0.05) is 23.7 Å². The number of nitrogens with zero attached hydrogens (tertiary/aromatic N) is 1. The molecule has 1 aliphatic heterocycles. The van der Waals surface area contributed by atoms with Crippen LogP contribution in [-0.2, 0) is 0 Å². The van der Waals surface area contributed by atoms with E-state index < -0.39 is 10.7 Å². The highest BCUT2D eigenvalue weighted by atomic mass is 35.5. The fraction of sp³-hybridized carbons (Fsp3) is 0.222. The molecule has 2 aromatic rings. The third-order valence-electron chi connectivity index (χ3n) is 4.52. The number of non-ortho nitro benzene ring substituents is 1. The number of nitro groups is 1. The molecule has 1 aliphatic rings. The summed E-state index contributed by atoms with van der Waals surface area (Å²) in [6, 6.07) is 10.2. The maximum atomic E-state index is 11.1. The molecule has 2 aromatic carbocycles. The Labute approximate surface area is 156 Å². The van der Waals surface area contributed by atoms with Crippen LogP contribution in [0.3, 0.4) is 0 Å².